The molecule has 0 bridgehead atoms. The molecule has 16 heavy (non-hydrogen) atoms. The second-order valence-electron chi connectivity index (χ2n) is 3.17. The van der Waals surface area contributed by atoms with Crippen LogP contribution in [-0.4, -0.2) is 43.8 Å². The number of carbonyl (C=O) groups is 2. The van der Waals surface area contributed by atoms with Crippen LogP contribution in [-0.2, 0) is 4.79 Å². The van der Waals surface area contributed by atoms with Gasteiger partial charge in [-0.25, -0.2) is 4.79 Å². The van der Waals surface area contributed by atoms with Gasteiger partial charge in [0.2, 0.25) is 0 Å². The number of hydrogen-bond acceptors (Lipinski definition) is 5. The maximum Gasteiger partial charge on any atom is 0.325 e. The predicted molar refractivity (Wildman–Crippen MR) is 51.4 cm³/mol. The molecule has 1 aromatic heterocycles. The second kappa shape index (κ2) is 5.05. The minimum atomic E-state index is -1.11. The molecule has 2 unspecified atom stereocenters. The first kappa shape index (κ1) is 11.9. The summed E-state index contributed by atoms with van der Waals surface area (Å²) in [6, 6.07) is -2.02. The molecule has 2 atom stereocenters. The number of H-pyrrole nitrogens is 1. The highest BCUT2D eigenvalue weighted by molar-refractivity contribution is 5.82. The van der Waals surface area contributed by atoms with Crippen molar-refractivity contribution in [2.24, 2.45) is 0 Å². The lowest BCUT2D eigenvalue weighted by Crippen LogP contribution is -2.45. The highest BCUT2D eigenvalue weighted by atomic mass is 16.4. The first-order valence-corrected chi connectivity index (χ1v) is 4.54. The van der Waals surface area contributed by atoms with E-state index in [1.54, 1.807) is 6.92 Å². The molecule has 0 aromatic carbocycles. The van der Waals surface area contributed by atoms with E-state index < -0.39 is 24.1 Å². The number of carboxylic acids is 1. The van der Waals surface area contributed by atoms with Gasteiger partial charge in [-0.15, -0.1) is 10.2 Å². The van der Waals surface area contributed by atoms with Gasteiger partial charge < -0.3 is 15.7 Å². The number of hydrogen-bond donors (Lipinski definition) is 4. The Hall–Kier alpha value is -2.19. The van der Waals surface area contributed by atoms with Crippen LogP contribution in [0.25, 0.3) is 0 Å². The van der Waals surface area contributed by atoms with Crippen molar-refractivity contribution in [2.45, 2.75) is 25.9 Å². The number of rotatable bonds is 4. The van der Waals surface area contributed by atoms with Gasteiger partial charge in [0.05, 0.1) is 6.04 Å². The standard InChI is InChI=1S/C7H12N6O3/c1-3(5-10-12-13-11-5)8-7(16)9-4(2)6(14)15/h3-4H,1-2H3,(H,14,15)(H2,8,9,16)(H,10,11,12,13). The molecule has 2 amide bonds. The maximum absolute atomic E-state index is 11.3. The monoisotopic (exact) mass is 228 g/mol. The summed E-state index contributed by atoms with van der Waals surface area (Å²) in [6.07, 6.45) is 0. The zero-order valence-corrected chi connectivity index (χ0v) is 8.76. The van der Waals surface area contributed by atoms with E-state index in [1.807, 2.05) is 0 Å². The number of nitrogens with one attached hydrogen (secondary N) is 3. The Kier molecular flexibility index (Phi) is 3.75. The summed E-state index contributed by atoms with van der Waals surface area (Å²) in [5.74, 6) is -0.791. The van der Waals surface area contributed by atoms with Crippen LogP contribution in [0.15, 0.2) is 0 Å². The lowest BCUT2D eigenvalue weighted by atomic mass is 10.3. The topological polar surface area (TPSA) is 133 Å². The summed E-state index contributed by atoms with van der Waals surface area (Å²) < 4.78 is 0. The highest BCUT2D eigenvalue weighted by Gasteiger charge is 2.17. The van der Waals surface area contributed by atoms with Crippen molar-refractivity contribution < 1.29 is 14.7 Å². The van der Waals surface area contributed by atoms with Crippen molar-refractivity contribution in [1.29, 1.82) is 0 Å². The molecule has 0 fully saturated rings. The predicted octanol–water partition coefficient (Wildman–Crippen LogP) is -0.967. The molecule has 0 aliphatic carbocycles. The van der Waals surface area contributed by atoms with Crippen molar-refractivity contribution in [3.8, 4) is 0 Å². The number of urea groups is 1. The van der Waals surface area contributed by atoms with Crippen LogP contribution >= 0.6 is 0 Å². The van der Waals surface area contributed by atoms with Gasteiger partial charge in [0.15, 0.2) is 5.82 Å². The normalized spacial score (nSPS) is 13.9. The Balaban J connectivity index is 2.43. The molecule has 9 nitrogen and oxygen atoms in total. The molecule has 0 radical (unpaired) electrons. The van der Waals surface area contributed by atoms with Gasteiger partial charge in [-0.3, -0.25) is 4.79 Å². The Morgan fingerprint density at radius 2 is 2.06 bits per heavy atom. The van der Waals surface area contributed by atoms with E-state index in [1.165, 1.54) is 6.92 Å². The van der Waals surface area contributed by atoms with Crippen LogP contribution in [0.5, 0.6) is 0 Å². The fourth-order valence-corrected chi connectivity index (χ4v) is 0.914. The van der Waals surface area contributed by atoms with Crippen molar-refractivity contribution in [2.75, 3.05) is 0 Å². The fraction of sp³-hybridized carbons (Fsp3) is 0.571. The summed E-state index contributed by atoms with van der Waals surface area (Å²) in [5.41, 5.74) is 0. The zero-order valence-electron chi connectivity index (χ0n) is 8.76. The number of aromatic amines is 1. The van der Waals surface area contributed by atoms with E-state index in [-0.39, 0.29) is 0 Å². The third-order valence-corrected chi connectivity index (χ3v) is 1.81. The van der Waals surface area contributed by atoms with Gasteiger partial charge in [-0.1, -0.05) is 5.21 Å². The molecule has 9 heteroatoms. The molecule has 0 saturated carbocycles. The summed E-state index contributed by atoms with van der Waals surface area (Å²) in [6.45, 7) is 3.01. The van der Waals surface area contributed by atoms with Crippen molar-refractivity contribution >= 4 is 12.0 Å². The summed E-state index contributed by atoms with van der Waals surface area (Å²) in [7, 11) is 0. The maximum atomic E-state index is 11.3. The molecule has 0 spiro atoms. The Morgan fingerprint density at radius 1 is 1.38 bits per heavy atom. The molecule has 1 heterocycles. The Morgan fingerprint density at radius 3 is 2.56 bits per heavy atom. The number of carboxylic acid groups (broad SMARTS) is 1. The summed E-state index contributed by atoms with van der Waals surface area (Å²) in [5, 5.41) is 26.2. The van der Waals surface area contributed by atoms with Crippen molar-refractivity contribution in [3.63, 3.8) is 0 Å². The number of nitrogens with zero attached hydrogens (tertiary/aromatic N) is 3. The smallest absolute Gasteiger partial charge is 0.325 e. The van der Waals surface area contributed by atoms with Gasteiger partial charge >= 0.3 is 12.0 Å². The first-order chi connectivity index (χ1) is 7.50. The number of tetrazole rings is 1. The Labute approximate surface area is 90.6 Å². The van der Waals surface area contributed by atoms with Gasteiger partial charge in [0.1, 0.15) is 6.04 Å². The highest BCUT2D eigenvalue weighted by Crippen LogP contribution is 2.02. The van der Waals surface area contributed by atoms with E-state index in [4.69, 9.17) is 5.11 Å². The minimum absolute atomic E-state index is 0.318. The first-order valence-electron chi connectivity index (χ1n) is 4.54. The van der Waals surface area contributed by atoms with Crippen LogP contribution in [0.2, 0.25) is 0 Å². The van der Waals surface area contributed by atoms with Crippen molar-refractivity contribution in [3.05, 3.63) is 5.82 Å². The SMILES string of the molecule is CC(NC(=O)NC(C)c1nn[nH]n1)C(=O)O. The number of aromatic nitrogens is 4. The Bertz CT molecular complexity index is 364. The van der Waals surface area contributed by atoms with Crippen LogP contribution in [0.3, 0.4) is 0 Å². The summed E-state index contributed by atoms with van der Waals surface area (Å²) in [4.78, 5) is 21.8. The fourth-order valence-electron chi connectivity index (χ4n) is 0.914. The van der Waals surface area contributed by atoms with Crippen LogP contribution < -0.4 is 10.6 Å². The average molecular weight is 228 g/mol. The van der Waals surface area contributed by atoms with Crippen molar-refractivity contribution in [1.82, 2.24) is 31.3 Å². The largest absolute Gasteiger partial charge is 0.480 e. The van der Waals surface area contributed by atoms with Gasteiger partial charge in [0.25, 0.3) is 0 Å². The number of amides is 2. The van der Waals surface area contributed by atoms with Crippen LogP contribution in [0.1, 0.15) is 25.7 Å². The van der Waals surface area contributed by atoms with Gasteiger partial charge in [-0.05, 0) is 13.8 Å². The van der Waals surface area contributed by atoms with Gasteiger partial charge in [-0.2, -0.15) is 5.21 Å². The second-order valence-corrected chi connectivity index (χ2v) is 3.17. The van der Waals surface area contributed by atoms with E-state index >= 15 is 0 Å². The molecule has 4 N–H and O–H groups in total. The average Bonchev–Trinajstić information content (AvgIpc) is 2.69. The third-order valence-electron chi connectivity index (χ3n) is 1.81. The van der Waals surface area contributed by atoms with E-state index in [2.05, 4.69) is 31.3 Å². The van der Waals surface area contributed by atoms with E-state index in [9.17, 15) is 9.59 Å². The lowest BCUT2D eigenvalue weighted by molar-refractivity contribution is -0.138. The minimum Gasteiger partial charge on any atom is -0.480 e. The molecule has 0 aliphatic rings. The van der Waals surface area contributed by atoms with E-state index in [0.717, 1.165) is 0 Å². The number of aliphatic carboxylic acids is 1. The molecule has 0 saturated heterocycles. The van der Waals surface area contributed by atoms with Crippen LogP contribution in [0, 0.1) is 0 Å². The lowest BCUT2D eigenvalue weighted by Gasteiger charge is -2.13. The molecular formula is C7H12N6O3. The van der Waals surface area contributed by atoms with Gasteiger partial charge in [0, 0.05) is 0 Å². The van der Waals surface area contributed by atoms with E-state index in [0.29, 0.717) is 5.82 Å². The molecule has 0 aliphatic heterocycles. The molecule has 1 aromatic rings. The van der Waals surface area contributed by atoms with Crippen LogP contribution in [0.4, 0.5) is 4.79 Å². The molecular weight excluding hydrogens is 216 g/mol. The molecule has 1 rings (SSSR count). The number of carbonyl (C=O) groups excluding carboxylic acids is 1. The quantitative estimate of drug-likeness (QED) is 0.524. The zero-order chi connectivity index (χ0) is 12.1. The third kappa shape index (κ3) is 3.19. The summed E-state index contributed by atoms with van der Waals surface area (Å²) >= 11 is 0. The molecule has 88 valence electrons.